The maximum atomic E-state index is 9.81. The van der Waals surface area contributed by atoms with Crippen LogP contribution in [0.15, 0.2) is 0 Å². The number of rotatable bonds is 2. The molecule has 0 aliphatic rings. The van der Waals surface area contributed by atoms with Gasteiger partial charge in [0, 0.05) is 6.42 Å². The van der Waals surface area contributed by atoms with Crippen LogP contribution in [0, 0.1) is 5.92 Å². The summed E-state index contributed by atoms with van der Waals surface area (Å²) < 4.78 is 0. The van der Waals surface area contributed by atoms with Crippen LogP contribution in [0.4, 0.5) is 0 Å². The van der Waals surface area contributed by atoms with Crippen molar-refractivity contribution in [1.82, 2.24) is 0 Å². The summed E-state index contributed by atoms with van der Waals surface area (Å²) in [5, 5.41) is 8.08. The number of hydrogen-bond acceptors (Lipinski definition) is 3. The highest BCUT2D eigenvalue weighted by molar-refractivity contribution is 5.66. The van der Waals surface area contributed by atoms with E-state index in [1.165, 1.54) is 0 Å². The van der Waals surface area contributed by atoms with Gasteiger partial charge < -0.3 is 5.11 Å². The average Bonchev–Trinajstić information content (AvgIpc) is 1.68. The Labute approximate surface area is 54.8 Å². The normalized spacial score (nSPS) is 8.11. The second-order valence-corrected chi connectivity index (χ2v) is 1.99. The maximum absolute atomic E-state index is 9.81. The largest absolute Gasteiger partial charge is 0.481 e. The van der Waals surface area contributed by atoms with Crippen molar-refractivity contribution in [3.8, 4) is 0 Å². The Kier molecular flexibility index (Phi) is 9.21. The van der Waals surface area contributed by atoms with Gasteiger partial charge in [-0.25, -0.2) is 0 Å². The molecule has 0 radical (unpaired) electrons. The number of hydrogen-bond donors (Lipinski definition) is 3. The Morgan fingerprint density at radius 1 is 1.56 bits per heavy atom. The van der Waals surface area contributed by atoms with E-state index in [9.17, 15) is 4.79 Å². The first-order chi connectivity index (χ1) is 4.13. The lowest BCUT2D eigenvalue weighted by atomic mass is 10.1. The lowest BCUT2D eigenvalue weighted by molar-refractivity contribution is -0.137. The molecule has 0 aromatic carbocycles. The second-order valence-electron chi connectivity index (χ2n) is 1.99. The zero-order valence-corrected chi connectivity index (χ0v) is 5.79. The highest BCUT2D eigenvalue weighted by Crippen LogP contribution is 1.96. The Morgan fingerprint density at radius 2 is 1.89 bits per heavy atom. The minimum absolute atomic E-state index is 0.275. The fourth-order valence-electron chi connectivity index (χ4n) is 0.349. The summed E-state index contributed by atoms with van der Waals surface area (Å²) in [7, 11) is 0. The van der Waals surface area contributed by atoms with Gasteiger partial charge in [-0.1, -0.05) is 13.8 Å². The van der Waals surface area contributed by atoms with Gasteiger partial charge in [0.1, 0.15) is 0 Å². The molecule has 0 bridgehead atoms. The number of nitrogens with two attached hydrogens (primary N) is 2. The monoisotopic (exact) mass is 134 g/mol. The van der Waals surface area contributed by atoms with Crippen LogP contribution in [-0.2, 0) is 4.79 Å². The van der Waals surface area contributed by atoms with Crippen molar-refractivity contribution >= 4 is 5.97 Å². The minimum atomic E-state index is -0.713. The Morgan fingerprint density at radius 3 is 1.89 bits per heavy atom. The van der Waals surface area contributed by atoms with Crippen molar-refractivity contribution in [3.63, 3.8) is 0 Å². The van der Waals surface area contributed by atoms with Crippen molar-refractivity contribution < 1.29 is 9.90 Å². The van der Waals surface area contributed by atoms with Gasteiger partial charge in [0.25, 0.3) is 0 Å². The van der Waals surface area contributed by atoms with Crippen LogP contribution in [0.3, 0.4) is 0 Å². The molecule has 5 N–H and O–H groups in total. The Bertz CT molecular complexity index is 73.4. The van der Waals surface area contributed by atoms with E-state index in [0.29, 0.717) is 0 Å². The number of carboxylic acids is 1. The van der Waals surface area contributed by atoms with E-state index in [4.69, 9.17) is 5.11 Å². The molecule has 0 unspecified atom stereocenters. The van der Waals surface area contributed by atoms with E-state index >= 15 is 0 Å². The molecule has 4 heteroatoms. The lowest BCUT2D eigenvalue weighted by Crippen LogP contribution is -2.02. The van der Waals surface area contributed by atoms with E-state index in [0.717, 1.165) is 0 Å². The molecule has 9 heavy (non-hydrogen) atoms. The molecule has 0 aliphatic heterocycles. The molecular formula is C5H14N2O2. The minimum Gasteiger partial charge on any atom is -0.481 e. The standard InChI is InChI=1S/C5H10O2.H4N2/c1-4(2)3-5(6)7;1-2/h4H,3H2,1-2H3,(H,6,7);1-2H2. The van der Waals surface area contributed by atoms with E-state index in [-0.39, 0.29) is 12.3 Å². The first kappa shape index (κ1) is 11.2. The third-order valence-electron chi connectivity index (χ3n) is 0.583. The highest BCUT2D eigenvalue weighted by atomic mass is 16.4. The predicted molar refractivity (Wildman–Crippen MR) is 35.5 cm³/mol. The van der Waals surface area contributed by atoms with Crippen LogP contribution in [0.1, 0.15) is 20.3 Å². The molecule has 0 heterocycles. The van der Waals surface area contributed by atoms with Crippen molar-refractivity contribution in [2.75, 3.05) is 0 Å². The summed E-state index contributed by atoms with van der Waals surface area (Å²) in [5.41, 5.74) is 0. The first-order valence-electron chi connectivity index (χ1n) is 2.68. The van der Waals surface area contributed by atoms with Gasteiger partial charge >= 0.3 is 5.97 Å². The summed E-state index contributed by atoms with van der Waals surface area (Å²) >= 11 is 0. The molecule has 0 rings (SSSR count). The van der Waals surface area contributed by atoms with Crippen molar-refractivity contribution in [2.45, 2.75) is 20.3 Å². The van der Waals surface area contributed by atoms with Gasteiger partial charge in [-0.3, -0.25) is 16.5 Å². The fraction of sp³-hybridized carbons (Fsp3) is 0.800. The van der Waals surface area contributed by atoms with Gasteiger partial charge in [0.15, 0.2) is 0 Å². The van der Waals surface area contributed by atoms with Gasteiger partial charge in [-0.15, -0.1) is 0 Å². The number of carboxylic acid groups (broad SMARTS) is 1. The molecule has 0 atom stereocenters. The molecule has 0 aromatic rings. The van der Waals surface area contributed by atoms with Crippen LogP contribution < -0.4 is 11.7 Å². The van der Waals surface area contributed by atoms with E-state index in [1.807, 2.05) is 13.8 Å². The zero-order chi connectivity index (χ0) is 7.86. The highest BCUT2D eigenvalue weighted by Gasteiger charge is 1.98. The van der Waals surface area contributed by atoms with Crippen molar-refractivity contribution in [3.05, 3.63) is 0 Å². The first-order valence-corrected chi connectivity index (χ1v) is 2.68. The molecule has 0 aromatic heterocycles. The lowest BCUT2D eigenvalue weighted by Gasteiger charge is -1.94. The van der Waals surface area contributed by atoms with Crippen LogP contribution in [0.2, 0.25) is 0 Å². The molecule has 4 nitrogen and oxygen atoms in total. The Hall–Kier alpha value is -0.610. The number of carbonyl (C=O) groups is 1. The maximum Gasteiger partial charge on any atom is 0.303 e. The quantitative estimate of drug-likeness (QED) is 0.364. The molecule has 0 spiro atoms. The topological polar surface area (TPSA) is 89.3 Å². The Balaban J connectivity index is 0. The summed E-state index contributed by atoms with van der Waals surface area (Å²) in [5.74, 6) is 7.56. The van der Waals surface area contributed by atoms with E-state index in [1.54, 1.807) is 0 Å². The summed E-state index contributed by atoms with van der Waals surface area (Å²) in [6, 6.07) is 0. The third kappa shape index (κ3) is 18.7. The molecule has 0 saturated carbocycles. The van der Waals surface area contributed by atoms with Gasteiger partial charge in [-0.2, -0.15) is 0 Å². The third-order valence-corrected chi connectivity index (χ3v) is 0.583. The molecule has 56 valence electrons. The number of hydrazine groups is 1. The summed E-state index contributed by atoms with van der Waals surface area (Å²) in [6.45, 7) is 3.77. The van der Waals surface area contributed by atoms with Crippen LogP contribution in [0.25, 0.3) is 0 Å². The molecule has 0 amide bonds. The smallest absolute Gasteiger partial charge is 0.303 e. The predicted octanol–water partition coefficient (Wildman–Crippen LogP) is -0.0641. The van der Waals surface area contributed by atoms with Crippen molar-refractivity contribution in [1.29, 1.82) is 0 Å². The molecule has 0 aliphatic carbocycles. The second kappa shape index (κ2) is 7.39. The molecular weight excluding hydrogens is 120 g/mol. The molecule has 0 saturated heterocycles. The van der Waals surface area contributed by atoms with Crippen LogP contribution >= 0.6 is 0 Å². The molecule has 0 fully saturated rings. The van der Waals surface area contributed by atoms with Gasteiger partial charge in [-0.05, 0) is 5.92 Å². The van der Waals surface area contributed by atoms with E-state index < -0.39 is 5.97 Å². The van der Waals surface area contributed by atoms with Crippen molar-refractivity contribution in [2.24, 2.45) is 17.6 Å². The fourth-order valence-corrected chi connectivity index (χ4v) is 0.349. The van der Waals surface area contributed by atoms with Crippen LogP contribution in [-0.4, -0.2) is 11.1 Å². The van der Waals surface area contributed by atoms with Crippen LogP contribution in [0.5, 0.6) is 0 Å². The summed E-state index contributed by atoms with van der Waals surface area (Å²) in [4.78, 5) is 9.81. The van der Waals surface area contributed by atoms with E-state index in [2.05, 4.69) is 11.7 Å². The zero-order valence-electron chi connectivity index (χ0n) is 5.79. The average molecular weight is 134 g/mol. The SMILES string of the molecule is CC(C)CC(=O)O.NN. The van der Waals surface area contributed by atoms with Gasteiger partial charge in [0.05, 0.1) is 0 Å². The number of aliphatic carboxylic acids is 1. The van der Waals surface area contributed by atoms with Gasteiger partial charge in [0.2, 0.25) is 0 Å². The summed E-state index contributed by atoms with van der Waals surface area (Å²) in [6.07, 6.45) is 0.278.